The van der Waals surface area contributed by atoms with Gasteiger partial charge in [0.25, 0.3) is 0 Å². The molecule has 0 aromatic heterocycles. The first-order valence-corrected chi connectivity index (χ1v) is 5.43. The number of anilines is 1. The van der Waals surface area contributed by atoms with Crippen LogP contribution < -0.4 is 4.90 Å². The molecule has 0 amide bonds. The van der Waals surface area contributed by atoms with Crippen molar-refractivity contribution in [2.75, 3.05) is 25.6 Å². The summed E-state index contributed by atoms with van der Waals surface area (Å²) in [4.78, 5) is 2.10. The van der Waals surface area contributed by atoms with Gasteiger partial charge in [0.2, 0.25) is 0 Å². The SMILES string of the molecule is CC(C)COCc1cccc(N(C)C)c1. The molecule has 0 saturated heterocycles. The Morgan fingerprint density at radius 1 is 1.27 bits per heavy atom. The van der Waals surface area contributed by atoms with Crippen LogP contribution in [0.25, 0.3) is 0 Å². The predicted octanol–water partition coefficient (Wildman–Crippen LogP) is 2.93. The topological polar surface area (TPSA) is 12.5 Å². The van der Waals surface area contributed by atoms with Crippen molar-refractivity contribution >= 4 is 5.69 Å². The molecule has 1 aromatic carbocycles. The molecule has 0 spiro atoms. The van der Waals surface area contributed by atoms with Crippen LogP contribution in [0, 0.1) is 5.92 Å². The van der Waals surface area contributed by atoms with Gasteiger partial charge in [-0.1, -0.05) is 26.0 Å². The van der Waals surface area contributed by atoms with Crippen molar-refractivity contribution in [2.24, 2.45) is 5.92 Å². The third kappa shape index (κ3) is 4.34. The molecule has 1 aromatic rings. The van der Waals surface area contributed by atoms with E-state index in [2.05, 4.69) is 43.0 Å². The van der Waals surface area contributed by atoms with E-state index < -0.39 is 0 Å². The molecule has 1 rings (SSSR count). The molecular formula is C13H21NO. The van der Waals surface area contributed by atoms with E-state index in [1.807, 2.05) is 14.1 Å². The molecule has 2 nitrogen and oxygen atoms in total. The average Bonchev–Trinajstić information content (AvgIpc) is 2.17. The second-order valence-corrected chi connectivity index (χ2v) is 4.47. The Hall–Kier alpha value is -1.02. The van der Waals surface area contributed by atoms with Gasteiger partial charge < -0.3 is 9.64 Å². The van der Waals surface area contributed by atoms with Gasteiger partial charge >= 0.3 is 0 Å². The lowest BCUT2D eigenvalue weighted by molar-refractivity contribution is 0.0971. The van der Waals surface area contributed by atoms with E-state index in [0.717, 1.165) is 6.61 Å². The summed E-state index contributed by atoms with van der Waals surface area (Å²) in [5, 5.41) is 0. The molecule has 0 fully saturated rings. The summed E-state index contributed by atoms with van der Waals surface area (Å²) >= 11 is 0. The molecular weight excluding hydrogens is 186 g/mol. The maximum absolute atomic E-state index is 5.60. The zero-order valence-electron chi connectivity index (χ0n) is 10.2. The molecule has 0 radical (unpaired) electrons. The van der Waals surface area contributed by atoms with E-state index in [9.17, 15) is 0 Å². The number of hydrogen-bond acceptors (Lipinski definition) is 2. The van der Waals surface area contributed by atoms with E-state index in [-0.39, 0.29) is 0 Å². The second kappa shape index (κ2) is 5.76. The highest BCUT2D eigenvalue weighted by Crippen LogP contribution is 2.14. The predicted molar refractivity (Wildman–Crippen MR) is 65.3 cm³/mol. The zero-order chi connectivity index (χ0) is 11.3. The third-order valence-corrected chi connectivity index (χ3v) is 2.15. The van der Waals surface area contributed by atoms with Crippen LogP contribution in [0.15, 0.2) is 24.3 Å². The lowest BCUT2D eigenvalue weighted by Crippen LogP contribution is -2.09. The van der Waals surface area contributed by atoms with Crippen LogP contribution in [0.3, 0.4) is 0 Å². The second-order valence-electron chi connectivity index (χ2n) is 4.47. The lowest BCUT2D eigenvalue weighted by Gasteiger charge is -2.14. The number of ether oxygens (including phenoxy) is 1. The summed E-state index contributed by atoms with van der Waals surface area (Å²) in [5.41, 5.74) is 2.46. The fourth-order valence-corrected chi connectivity index (χ4v) is 1.34. The van der Waals surface area contributed by atoms with Crippen molar-refractivity contribution in [3.8, 4) is 0 Å². The Bertz CT molecular complexity index is 294. The molecule has 0 N–H and O–H groups in total. The van der Waals surface area contributed by atoms with Crippen molar-refractivity contribution in [3.63, 3.8) is 0 Å². The van der Waals surface area contributed by atoms with E-state index in [0.29, 0.717) is 12.5 Å². The maximum atomic E-state index is 5.60. The number of benzene rings is 1. The van der Waals surface area contributed by atoms with Crippen LogP contribution in [0.2, 0.25) is 0 Å². The third-order valence-electron chi connectivity index (χ3n) is 2.15. The lowest BCUT2D eigenvalue weighted by atomic mass is 10.2. The van der Waals surface area contributed by atoms with Gasteiger partial charge in [0.15, 0.2) is 0 Å². The highest BCUT2D eigenvalue weighted by atomic mass is 16.5. The van der Waals surface area contributed by atoms with Crippen molar-refractivity contribution in [2.45, 2.75) is 20.5 Å². The quantitative estimate of drug-likeness (QED) is 0.736. The minimum absolute atomic E-state index is 0.599. The van der Waals surface area contributed by atoms with Crippen molar-refractivity contribution in [1.82, 2.24) is 0 Å². The molecule has 0 bridgehead atoms. The van der Waals surface area contributed by atoms with Crippen LogP contribution in [-0.2, 0) is 11.3 Å². The van der Waals surface area contributed by atoms with Gasteiger partial charge in [-0.25, -0.2) is 0 Å². The highest BCUT2D eigenvalue weighted by molar-refractivity contribution is 5.46. The average molecular weight is 207 g/mol. The molecule has 0 aliphatic heterocycles. The Labute approximate surface area is 92.9 Å². The van der Waals surface area contributed by atoms with Crippen LogP contribution in [0.5, 0.6) is 0 Å². The molecule has 84 valence electrons. The zero-order valence-corrected chi connectivity index (χ0v) is 10.2. The molecule has 0 aliphatic rings. The maximum Gasteiger partial charge on any atom is 0.0717 e. The minimum Gasteiger partial charge on any atom is -0.378 e. The Balaban J connectivity index is 2.50. The van der Waals surface area contributed by atoms with Crippen LogP contribution in [0.1, 0.15) is 19.4 Å². The summed E-state index contributed by atoms with van der Waals surface area (Å²) in [6, 6.07) is 8.45. The smallest absolute Gasteiger partial charge is 0.0717 e. The fourth-order valence-electron chi connectivity index (χ4n) is 1.34. The summed E-state index contributed by atoms with van der Waals surface area (Å²) in [6.07, 6.45) is 0. The Kier molecular flexibility index (Phi) is 4.63. The molecule has 0 heterocycles. The summed E-state index contributed by atoms with van der Waals surface area (Å²) in [5.74, 6) is 0.599. The van der Waals surface area contributed by atoms with Gasteiger partial charge in [-0.15, -0.1) is 0 Å². The van der Waals surface area contributed by atoms with E-state index in [4.69, 9.17) is 4.74 Å². The first-order chi connectivity index (χ1) is 7.09. The van der Waals surface area contributed by atoms with Crippen LogP contribution >= 0.6 is 0 Å². The van der Waals surface area contributed by atoms with Gasteiger partial charge in [0, 0.05) is 26.4 Å². The molecule has 2 heteroatoms. The van der Waals surface area contributed by atoms with Gasteiger partial charge in [-0.3, -0.25) is 0 Å². The first kappa shape index (κ1) is 12.1. The Morgan fingerprint density at radius 2 is 2.00 bits per heavy atom. The standard InChI is InChI=1S/C13H21NO/c1-11(2)9-15-10-12-6-5-7-13(8-12)14(3)4/h5-8,11H,9-10H2,1-4H3. The van der Waals surface area contributed by atoms with Crippen LogP contribution in [0.4, 0.5) is 5.69 Å². The van der Waals surface area contributed by atoms with E-state index >= 15 is 0 Å². The summed E-state index contributed by atoms with van der Waals surface area (Å²) in [7, 11) is 4.10. The van der Waals surface area contributed by atoms with Gasteiger partial charge in [0.05, 0.1) is 6.61 Å². The number of rotatable bonds is 5. The van der Waals surface area contributed by atoms with Crippen molar-refractivity contribution in [3.05, 3.63) is 29.8 Å². The molecule has 0 unspecified atom stereocenters. The minimum atomic E-state index is 0.599. The van der Waals surface area contributed by atoms with Crippen LogP contribution in [-0.4, -0.2) is 20.7 Å². The molecule has 0 atom stereocenters. The monoisotopic (exact) mass is 207 g/mol. The highest BCUT2D eigenvalue weighted by Gasteiger charge is 1.99. The van der Waals surface area contributed by atoms with Crippen molar-refractivity contribution < 1.29 is 4.74 Å². The molecule has 0 aliphatic carbocycles. The largest absolute Gasteiger partial charge is 0.378 e. The molecule has 15 heavy (non-hydrogen) atoms. The molecule has 0 saturated carbocycles. The normalized spacial score (nSPS) is 10.7. The summed E-state index contributed by atoms with van der Waals surface area (Å²) in [6.45, 7) is 5.86. The fraction of sp³-hybridized carbons (Fsp3) is 0.538. The van der Waals surface area contributed by atoms with E-state index in [1.54, 1.807) is 0 Å². The van der Waals surface area contributed by atoms with Gasteiger partial charge in [-0.05, 0) is 23.6 Å². The number of hydrogen-bond donors (Lipinski definition) is 0. The van der Waals surface area contributed by atoms with Crippen molar-refractivity contribution in [1.29, 1.82) is 0 Å². The number of nitrogens with zero attached hydrogens (tertiary/aromatic N) is 1. The van der Waals surface area contributed by atoms with Gasteiger partial charge in [0.1, 0.15) is 0 Å². The Morgan fingerprint density at radius 3 is 2.60 bits per heavy atom. The first-order valence-electron chi connectivity index (χ1n) is 5.43. The van der Waals surface area contributed by atoms with Gasteiger partial charge in [-0.2, -0.15) is 0 Å². The summed E-state index contributed by atoms with van der Waals surface area (Å²) < 4.78 is 5.60. The van der Waals surface area contributed by atoms with E-state index in [1.165, 1.54) is 11.3 Å².